The Labute approximate surface area is 79.7 Å². The zero-order valence-electron chi connectivity index (χ0n) is 8.49. The van der Waals surface area contributed by atoms with Gasteiger partial charge in [-0.3, -0.25) is 4.79 Å². The van der Waals surface area contributed by atoms with Gasteiger partial charge < -0.3 is 10.0 Å². The molecule has 0 unspecified atom stereocenters. The number of hydrogen-bond acceptors (Lipinski definition) is 2. The molecule has 3 nitrogen and oxygen atoms in total. The zero-order chi connectivity index (χ0) is 9.84. The number of nitrogens with zero attached hydrogens (tertiary/aromatic N) is 1. The van der Waals surface area contributed by atoms with E-state index in [2.05, 4.69) is 19.0 Å². The Morgan fingerprint density at radius 1 is 1.31 bits per heavy atom. The molecule has 1 aliphatic rings. The van der Waals surface area contributed by atoms with Gasteiger partial charge in [0, 0.05) is 12.5 Å². The summed E-state index contributed by atoms with van der Waals surface area (Å²) < 4.78 is 0. The van der Waals surface area contributed by atoms with Gasteiger partial charge in [0.05, 0.1) is 0 Å². The smallest absolute Gasteiger partial charge is 0.303 e. The molecule has 0 radical (unpaired) electrons. The molecule has 0 amide bonds. The van der Waals surface area contributed by atoms with Crippen LogP contribution in [0.15, 0.2) is 0 Å². The number of aliphatic carboxylic acids is 1. The summed E-state index contributed by atoms with van der Waals surface area (Å²) in [5.41, 5.74) is 0. The molecular weight excluding hydrogens is 166 g/mol. The summed E-state index contributed by atoms with van der Waals surface area (Å²) in [6.07, 6.45) is 4.83. The molecule has 1 N–H and O–H groups in total. The molecule has 1 aliphatic carbocycles. The van der Waals surface area contributed by atoms with Crippen LogP contribution >= 0.6 is 0 Å². The van der Waals surface area contributed by atoms with E-state index in [1.165, 1.54) is 0 Å². The Morgan fingerprint density at radius 2 is 1.85 bits per heavy atom. The van der Waals surface area contributed by atoms with Crippen molar-refractivity contribution < 1.29 is 9.90 Å². The maximum Gasteiger partial charge on any atom is 0.303 e. The second kappa shape index (κ2) is 4.61. The second-order valence-electron chi connectivity index (χ2n) is 4.24. The first-order valence-electron chi connectivity index (χ1n) is 4.98. The van der Waals surface area contributed by atoms with Crippen LogP contribution in [0.2, 0.25) is 0 Å². The fourth-order valence-electron chi connectivity index (χ4n) is 2.11. The van der Waals surface area contributed by atoms with Gasteiger partial charge >= 0.3 is 5.97 Å². The van der Waals surface area contributed by atoms with E-state index in [-0.39, 0.29) is 0 Å². The third kappa shape index (κ3) is 3.35. The summed E-state index contributed by atoms with van der Waals surface area (Å²) >= 11 is 0. The first kappa shape index (κ1) is 10.5. The molecule has 0 aromatic rings. The van der Waals surface area contributed by atoms with Crippen molar-refractivity contribution in [3.63, 3.8) is 0 Å². The van der Waals surface area contributed by atoms with Crippen LogP contribution < -0.4 is 0 Å². The lowest BCUT2D eigenvalue weighted by atomic mass is 9.84. The average Bonchev–Trinajstić information content (AvgIpc) is 2.04. The maximum atomic E-state index is 10.5. The predicted octanol–water partition coefficient (Wildman–Crippen LogP) is 1.58. The maximum absolute atomic E-state index is 10.5. The molecule has 0 heterocycles. The predicted molar refractivity (Wildman–Crippen MR) is 51.7 cm³/mol. The highest BCUT2D eigenvalue weighted by atomic mass is 16.4. The highest BCUT2D eigenvalue weighted by Gasteiger charge is 2.23. The van der Waals surface area contributed by atoms with Crippen molar-refractivity contribution in [1.29, 1.82) is 0 Å². The van der Waals surface area contributed by atoms with Crippen molar-refractivity contribution in [2.45, 2.75) is 38.1 Å². The largest absolute Gasteiger partial charge is 0.481 e. The third-order valence-electron chi connectivity index (χ3n) is 3.01. The number of hydrogen-bond donors (Lipinski definition) is 1. The topological polar surface area (TPSA) is 40.5 Å². The van der Waals surface area contributed by atoms with Crippen molar-refractivity contribution >= 4 is 5.97 Å². The van der Waals surface area contributed by atoms with Crippen molar-refractivity contribution in [2.24, 2.45) is 5.92 Å². The van der Waals surface area contributed by atoms with Gasteiger partial charge in [0.15, 0.2) is 0 Å². The lowest BCUT2D eigenvalue weighted by molar-refractivity contribution is -0.138. The highest BCUT2D eigenvalue weighted by molar-refractivity contribution is 5.67. The van der Waals surface area contributed by atoms with E-state index in [9.17, 15) is 4.79 Å². The van der Waals surface area contributed by atoms with E-state index in [1.54, 1.807) is 0 Å². The highest BCUT2D eigenvalue weighted by Crippen LogP contribution is 2.28. The standard InChI is InChI=1S/C10H19NO2/c1-11(2)9-5-3-8(4-6-9)7-10(12)13/h8-9H,3-7H2,1-2H3,(H,12,13). The van der Waals surface area contributed by atoms with Crippen molar-refractivity contribution in [2.75, 3.05) is 14.1 Å². The van der Waals surface area contributed by atoms with Crippen molar-refractivity contribution in [3.8, 4) is 0 Å². The molecule has 13 heavy (non-hydrogen) atoms. The molecule has 0 aliphatic heterocycles. The molecule has 76 valence electrons. The van der Waals surface area contributed by atoms with Crippen LogP contribution in [0.25, 0.3) is 0 Å². The van der Waals surface area contributed by atoms with Crippen LogP contribution in [-0.4, -0.2) is 36.1 Å². The fraction of sp³-hybridized carbons (Fsp3) is 0.900. The zero-order valence-corrected chi connectivity index (χ0v) is 8.49. The number of carboxylic acid groups (broad SMARTS) is 1. The lowest BCUT2D eigenvalue weighted by Crippen LogP contribution is -2.32. The normalized spacial score (nSPS) is 29.2. The summed E-state index contributed by atoms with van der Waals surface area (Å²) in [5.74, 6) is -0.220. The van der Waals surface area contributed by atoms with Gasteiger partial charge in [0.2, 0.25) is 0 Å². The fourth-order valence-corrected chi connectivity index (χ4v) is 2.11. The summed E-state index contributed by atoms with van der Waals surface area (Å²) in [7, 11) is 4.20. The van der Waals surface area contributed by atoms with Gasteiger partial charge in [-0.1, -0.05) is 0 Å². The monoisotopic (exact) mass is 185 g/mol. The van der Waals surface area contributed by atoms with Crippen molar-refractivity contribution in [3.05, 3.63) is 0 Å². The minimum atomic E-state index is -0.645. The van der Waals surface area contributed by atoms with Crippen LogP contribution in [0.1, 0.15) is 32.1 Å². The van der Waals surface area contributed by atoms with Crippen LogP contribution in [0, 0.1) is 5.92 Å². The Balaban J connectivity index is 2.26. The van der Waals surface area contributed by atoms with E-state index >= 15 is 0 Å². The number of carboxylic acids is 1. The van der Waals surface area contributed by atoms with E-state index in [0.29, 0.717) is 18.4 Å². The molecule has 3 heteroatoms. The molecule has 0 atom stereocenters. The Morgan fingerprint density at radius 3 is 2.23 bits per heavy atom. The minimum absolute atomic E-state index is 0.361. The van der Waals surface area contributed by atoms with Crippen LogP contribution in [0.5, 0.6) is 0 Å². The molecule has 0 bridgehead atoms. The van der Waals surface area contributed by atoms with Gasteiger partial charge in [-0.15, -0.1) is 0 Å². The summed E-state index contributed by atoms with van der Waals surface area (Å²) in [6, 6.07) is 0.671. The quantitative estimate of drug-likeness (QED) is 0.725. The SMILES string of the molecule is CN(C)C1CCC(CC(=O)O)CC1. The Hall–Kier alpha value is -0.570. The van der Waals surface area contributed by atoms with Crippen LogP contribution in [0.4, 0.5) is 0 Å². The average molecular weight is 185 g/mol. The minimum Gasteiger partial charge on any atom is -0.481 e. The molecule has 0 aromatic carbocycles. The molecule has 1 saturated carbocycles. The van der Waals surface area contributed by atoms with Crippen LogP contribution in [-0.2, 0) is 4.79 Å². The summed E-state index contributed by atoms with van der Waals surface area (Å²) in [4.78, 5) is 12.7. The van der Waals surface area contributed by atoms with E-state index in [1.807, 2.05) is 0 Å². The van der Waals surface area contributed by atoms with Gasteiger partial charge in [-0.2, -0.15) is 0 Å². The molecule has 1 fully saturated rings. The van der Waals surface area contributed by atoms with Gasteiger partial charge in [0.1, 0.15) is 0 Å². The third-order valence-corrected chi connectivity index (χ3v) is 3.01. The molecule has 0 aromatic heterocycles. The van der Waals surface area contributed by atoms with Gasteiger partial charge in [0.25, 0.3) is 0 Å². The molecule has 0 spiro atoms. The molecular formula is C10H19NO2. The second-order valence-corrected chi connectivity index (χ2v) is 4.24. The summed E-state index contributed by atoms with van der Waals surface area (Å²) in [6.45, 7) is 0. The van der Waals surface area contributed by atoms with Crippen LogP contribution in [0.3, 0.4) is 0 Å². The Bertz CT molecular complexity index is 172. The van der Waals surface area contributed by atoms with E-state index < -0.39 is 5.97 Å². The molecule has 1 rings (SSSR count). The first-order chi connectivity index (χ1) is 6.09. The van der Waals surface area contributed by atoms with E-state index in [0.717, 1.165) is 25.7 Å². The summed E-state index contributed by atoms with van der Waals surface area (Å²) in [5, 5.41) is 8.63. The van der Waals surface area contributed by atoms with Crippen molar-refractivity contribution in [1.82, 2.24) is 4.90 Å². The number of rotatable bonds is 3. The van der Waals surface area contributed by atoms with Gasteiger partial charge in [-0.25, -0.2) is 0 Å². The Kier molecular flexibility index (Phi) is 3.72. The first-order valence-corrected chi connectivity index (χ1v) is 4.98. The van der Waals surface area contributed by atoms with Gasteiger partial charge in [-0.05, 0) is 45.7 Å². The number of carbonyl (C=O) groups is 1. The lowest BCUT2D eigenvalue weighted by Gasteiger charge is -2.31. The van der Waals surface area contributed by atoms with E-state index in [4.69, 9.17) is 5.11 Å². The molecule has 0 saturated heterocycles.